The van der Waals surface area contributed by atoms with Crippen molar-refractivity contribution in [3.05, 3.63) is 30.3 Å². The topological polar surface area (TPSA) is 120 Å². The zero-order valence-corrected chi connectivity index (χ0v) is 22.2. The van der Waals surface area contributed by atoms with Gasteiger partial charge in [0.25, 0.3) is 0 Å². The lowest BCUT2D eigenvalue weighted by Gasteiger charge is -2.34. The lowest BCUT2D eigenvalue weighted by Crippen LogP contribution is -2.56. The first-order valence-corrected chi connectivity index (χ1v) is 14.0. The molecule has 5 rings (SSSR count). The van der Waals surface area contributed by atoms with Gasteiger partial charge in [0.2, 0.25) is 17.7 Å². The molecule has 0 aromatic heterocycles. The molecule has 4 saturated heterocycles. The predicted octanol–water partition coefficient (Wildman–Crippen LogP) is 1.00. The smallest absolute Gasteiger partial charge is 0.245 e. The molecule has 5 atom stereocenters. The van der Waals surface area contributed by atoms with Gasteiger partial charge in [-0.15, -0.1) is 0 Å². The second kappa shape index (κ2) is 11.3. The van der Waals surface area contributed by atoms with Gasteiger partial charge in [0.05, 0.1) is 30.7 Å². The lowest BCUT2D eigenvalue weighted by molar-refractivity contribution is -0.146. The van der Waals surface area contributed by atoms with Crippen LogP contribution in [0.25, 0.3) is 0 Å². The van der Waals surface area contributed by atoms with Gasteiger partial charge in [0.15, 0.2) is 0 Å². The maximum absolute atomic E-state index is 14.0. The van der Waals surface area contributed by atoms with Crippen LogP contribution in [0.3, 0.4) is 0 Å². The number of hydrogen-bond donors (Lipinski definition) is 3. The summed E-state index contributed by atoms with van der Waals surface area (Å²) in [5.74, 6) is -2.06. The van der Waals surface area contributed by atoms with Crippen LogP contribution in [0.2, 0.25) is 0 Å². The van der Waals surface area contributed by atoms with Gasteiger partial charge in [-0.3, -0.25) is 19.3 Å². The summed E-state index contributed by atoms with van der Waals surface area (Å²) in [6.07, 6.45) is 2.88. The van der Waals surface area contributed by atoms with Crippen LogP contribution >= 0.6 is 0 Å². The number of carbonyl (C=O) groups is 3. The van der Waals surface area contributed by atoms with E-state index in [9.17, 15) is 19.5 Å². The van der Waals surface area contributed by atoms with Gasteiger partial charge in [-0.2, -0.15) is 0 Å². The molecule has 4 fully saturated rings. The number of carbonyl (C=O) groups excluding carboxylic acids is 3. The van der Waals surface area contributed by atoms with Crippen molar-refractivity contribution in [1.29, 1.82) is 0 Å². The average molecular weight is 529 g/mol. The van der Waals surface area contributed by atoms with E-state index in [1.165, 1.54) is 0 Å². The van der Waals surface area contributed by atoms with Crippen molar-refractivity contribution in [2.75, 3.05) is 57.9 Å². The van der Waals surface area contributed by atoms with Gasteiger partial charge in [-0.1, -0.05) is 25.1 Å². The summed E-state index contributed by atoms with van der Waals surface area (Å²) < 4.78 is 12.2. The Bertz CT molecular complexity index is 1020. The second-order valence-electron chi connectivity index (χ2n) is 10.9. The molecule has 4 heterocycles. The lowest BCUT2D eigenvalue weighted by atomic mass is 9.65. The number of hydrogen-bond acceptors (Lipinski definition) is 7. The van der Waals surface area contributed by atoms with Crippen LogP contribution in [-0.4, -0.2) is 102 Å². The number of nitrogens with zero attached hydrogens (tertiary/aromatic N) is 2. The van der Waals surface area contributed by atoms with E-state index >= 15 is 0 Å². The molecule has 2 unspecified atom stereocenters. The molecule has 0 radical (unpaired) electrons. The standard InChI is InChI=1S/C28H40N4O6/c1-2-27-10-11-28(38-27)22(21(27)24(34)30-20-8-4-3-5-9-20)26(36)32(13-6-7-17-33)23(28)25(35)29-12-14-31-15-18-37-19-16-31/h3-5,8-9,21-23,33H,2,6-7,10-19H2,1H3,(H,29,35)(H,30,34)/t21-,22-,23?,27+,28?/m0/s1. The predicted molar refractivity (Wildman–Crippen MR) is 140 cm³/mol. The Morgan fingerprint density at radius 3 is 2.55 bits per heavy atom. The van der Waals surface area contributed by atoms with Gasteiger partial charge in [-0.25, -0.2) is 0 Å². The van der Waals surface area contributed by atoms with Gasteiger partial charge in [-0.05, 0) is 44.2 Å². The molecule has 208 valence electrons. The number of nitrogens with one attached hydrogen (secondary N) is 2. The fourth-order valence-corrected chi connectivity index (χ4v) is 7.05. The van der Waals surface area contributed by atoms with E-state index in [4.69, 9.17) is 9.47 Å². The minimum Gasteiger partial charge on any atom is -0.396 e. The highest BCUT2D eigenvalue weighted by molar-refractivity contribution is 6.02. The maximum atomic E-state index is 14.0. The van der Waals surface area contributed by atoms with Crippen molar-refractivity contribution < 1.29 is 29.0 Å². The number of morpholine rings is 1. The average Bonchev–Trinajstić information content (AvgIpc) is 3.53. The van der Waals surface area contributed by atoms with Crippen LogP contribution in [0.5, 0.6) is 0 Å². The number of fused-ring (bicyclic) bond motifs is 1. The molecule has 1 spiro atoms. The Kier molecular flexibility index (Phi) is 8.04. The van der Waals surface area contributed by atoms with E-state index in [-0.39, 0.29) is 24.3 Å². The molecular formula is C28H40N4O6. The molecule has 4 aliphatic heterocycles. The van der Waals surface area contributed by atoms with Crippen molar-refractivity contribution in [1.82, 2.24) is 15.1 Å². The van der Waals surface area contributed by atoms with Crippen LogP contribution in [0, 0.1) is 11.8 Å². The molecule has 0 aliphatic carbocycles. The largest absolute Gasteiger partial charge is 0.396 e. The van der Waals surface area contributed by atoms with Crippen molar-refractivity contribution in [2.24, 2.45) is 11.8 Å². The fraction of sp³-hybridized carbons (Fsp3) is 0.679. The van der Waals surface area contributed by atoms with Crippen LogP contribution < -0.4 is 10.6 Å². The number of ether oxygens (including phenoxy) is 2. The zero-order valence-electron chi connectivity index (χ0n) is 22.2. The van der Waals surface area contributed by atoms with Crippen LogP contribution in [0.4, 0.5) is 5.69 Å². The Morgan fingerprint density at radius 2 is 1.84 bits per heavy atom. The Hall–Kier alpha value is -2.53. The number of benzene rings is 1. The number of rotatable bonds is 11. The molecule has 3 N–H and O–H groups in total. The normalized spacial score (nSPS) is 32.4. The van der Waals surface area contributed by atoms with E-state index in [0.29, 0.717) is 70.6 Å². The number of amides is 3. The summed E-state index contributed by atoms with van der Waals surface area (Å²) in [7, 11) is 0. The first kappa shape index (κ1) is 27.1. The summed E-state index contributed by atoms with van der Waals surface area (Å²) in [5.41, 5.74) is -1.14. The molecule has 0 saturated carbocycles. The highest BCUT2D eigenvalue weighted by Gasteiger charge is 2.78. The molecule has 10 heteroatoms. The Labute approximate surface area is 224 Å². The maximum Gasteiger partial charge on any atom is 0.245 e. The van der Waals surface area contributed by atoms with Crippen LogP contribution in [-0.2, 0) is 23.9 Å². The monoisotopic (exact) mass is 528 g/mol. The highest BCUT2D eigenvalue weighted by Crippen LogP contribution is 2.64. The van der Waals surface area contributed by atoms with Gasteiger partial charge in [0.1, 0.15) is 11.6 Å². The van der Waals surface area contributed by atoms with E-state index in [0.717, 1.165) is 13.1 Å². The summed E-state index contributed by atoms with van der Waals surface area (Å²) in [6.45, 7) is 6.56. The van der Waals surface area contributed by atoms with E-state index < -0.39 is 29.1 Å². The van der Waals surface area contributed by atoms with Gasteiger partial charge in [0, 0.05) is 45.0 Å². The molecule has 3 amide bonds. The summed E-state index contributed by atoms with van der Waals surface area (Å²) in [5, 5.41) is 15.4. The number of aliphatic hydroxyl groups excluding tert-OH is 1. The van der Waals surface area contributed by atoms with E-state index in [2.05, 4.69) is 15.5 Å². The molecule has 1 aromatic carbocycles. The number of anilines is 1. The van der Waals surface area contributed by atoms with Crippen molar-refractivity contribution in [3.63, 3.8) is 0 Å². The SMILES string of the molecule is CC[C@]12CCC3(O1)C(C(=O)NCCN1CCOCC1)N(CCCCO)C(=O)[C@@H]3[C@H]2C(=O)Nc1ccccc1. The molecular weight excluding hydrogens is 488 g/mol. The third-order valence-electron chi connectivity index (χ3n) is 8.89. The third kappa shape index (κ3) is 4.72. The quantitative estimate of drug-likeness (QED) is 0.367. The highest BCUT2D eigenvalue weighted by atomic mass is 16.5. The first-order chi connectivity index (χ1) is 18.5. The Morgan fingerprint density at radius 1 is 1.08 bits per heavy atom. The number of para-hydroxylation sites is 1. The molecule has 1 aromatic rings. The minimum absolute atomic E-state index is 0.0184. The molecule has 38 heavy (non-hydrogen) atoms. The van der Waals surface area contributed by atoms with Crippen molar-refractivity contribution in [3.8, 4) is 0 Å². The van der Waals surface area contributed by atoms with Gasteiger partial charge >= 0.3 is 0 Å². The van der Waals surface area contributed by atoms with Crippen LogP contribution in [0.1, 0.15) is 39.0 Å². The fourth-order valence-electron chi connectivity index (χ4n) is 7.05. The van der Waals surface area contributed by atoms with Crippen molar-refractivity contribution in [2.45, 2.75) is 56.3 Å². The van der Waals surface area contributed by atoms with Gasteiger partial charge < -0.3 is 30.1 Å². The van der Waals surface area contributed by atoms with E-state index in [1.54, 1.807) is 4.90 Å². The molecule has 10 nitrogen and oxygen atoms in total. The zero-order chi connectivity index (χ0) is 26.8. The van der Waals surface area contributed by atoms with Crippen LogP contribution in [0.15, 0.2) is 30.3 Å². The third-order valence-corrected chi connectivity index (χ3v) is 8.89. The first-order valence-electron chi connectivity index (χ1n) is 14.0. The summed E-state index contributed by atoms with van der Waals surface area (Å²) in [6, 6.07) is 8.43. The number of unbranched alkanes of at least 4 members (excludes halogenated alkanes) is 1. The number of likely N-dealkylation sites (tertiary alicyclic amines) is 1. The summed E-state index contributed by atoms with van der Waals surface area (Å²) in [4.78, 5) is 45.4. The minimum atomic E-state index is -1.03. The second-order valence-corrected chi connectivity index (χ2v) is 10.9. The number of aliphatic hydroxyl groups is 1. The molecule has 4 aliphatic rings. The Balaban J connectivity index is 1.39. The summed E-state index contributed by atoms with van der Waals surface area (Å²) >= 11 is 0. The van der Waals surface area contributed by atoms with Crippen molar-refractivity contribution >= 4 is 23.4 Å². The molecule has 2 bridgehead atoms. The van der Waals surface area contributed by atoms with E-state index in [1.807, 2.05) is 37.3 Å².